The van der Waals surface area contributed by atoms with Gasteiger partial charge in [0.1, 0.15) is 6.07 Å². The molecular formula is C45H25N5. The molecule has 2 heterocycles. The Morgan fingerprint density at radius 1 is 0.360 bits per heavy atom. The van der Waals surface area contributed by atoms with Gasteiger partial charge < -0.3 is 9.13 Å². The monoisotopic (exact) mass is 635 g/mol. The first kappa shape index (κ1) is 28.8. The molecule has 0 saturated heterocycles. The predicted octanol–water partition coefficient (Wildman–Crippen LogP) is 10.8. The average Bonchev–Trinajstić information content (AvgIpc) is 3.70. The smallest absolute Gasteiger partial charge is 0.101 e. The molecule has 230 valence electrons. The summed E-state index contributed by atoms with van der Waals surface area (Å²) < 4.78 is 4.40. The van der Waals surface area contributed by atoms with Gasteiger partial charge in [-0.2, -0.15) is 15.8 Å². The summed E-state index contributed by atoms with van der Waals surface area (Å²) in [6.07, 6.45) is 0. The van der Waals surface area contributed by atoms with E-state index in [0.29, 0.717) is 16.7 Å². The Morgan fingerprint density at radius 3 is 1.56 bits per heavy atom. The number of hydrogen-bond acceptors (Lipinski definition) is 3. The molecule has 5 heteroatoms. The molecule has 2 aromatic heterocycles. The summed E-state index contributed by atoms with van der Waals surface area (Å²) in [4.78, 5) is 0. The number of aromatic nitrogens is 2. The lowest BCUT2D eigenvalue weighted by Crippen LogP contribution is -2.00. The Bertz CT molecular complexity index is 2920. The number of fused-ring (bicyclic) bond motifs is 6. The van der Waals surface area contributed by atoms with Crippen LogP contribution in [0.4, 0.5) is 0 Å². The van der Waals surface area contributed by atoms with Crippen LogP contribution in [0, 0.1) is 34.0 Å². The zero-order chi connectivity index (χ0) is 33.8. The fraction of sp³-hybridized carbons (Fsp3) is 0. The van der Waals surface area contributed by atoms with Gasteiger partial charge >= 0.3 is 0 Å². The Labute approximate surface area is 287 Å². The number of benzene rings is 7. The van der Waals surface area contributed by atoms with E-state index >= 15 is 0 Å². The highest BCUT2D eigenvalue weighted by atomic mass is 15.0. The van der Waals surface area contributed by atoms with Crippen molar-refractivity contribution in [3.05, 3.63) is 168 Å². The van der Waals surface area contributed by atoms with E-state index in [1.807, 2.05) is 97.1 Å². The molecule has 7 aromatic carbocycles. The van der Waals surface area contributed by atoms with Gasteiger partial charge in [-0.1, -0.05) is 84.9 Å². The molecule has 50 heavy (non-hydrogen) atoms. The van der Waals surface area contributed by atoms with Crippen molar-refractivity contribution >= 4 is 43.6 Å². The molecule has 0 saturated carbocycles. The minimum absolute atomic E-state index is 0.543. The number of hydrogen-bond donors (Lipinski definition) is 0. The zero-order valence-electron chi connectivity index (χ0n) is 26.7. The van der Waals surface area contributed by atoms with Crippen molar-refractivity contribution in [2.24, 2.45) is 0 Å². The number of para-hydroxylation sites is 4. The van der Waals surface area contributed by atoms with Crippen LogP contribution in [-0.2, 0) is 0 Å². The van der Waals surface area contributed by atoms with E-state index in [1.165, 1.54) is 0 Å². The molecule has 0 radical (unpaired) electrons. The maximum absolute atomic E-state index is 10.6. The van der Waals surface area contributed by atoms with Crippen LogP contribution in [0.3, 0.4) is 0 Å². The SMILES string of the molecule is N#Cc1ccc(-c2ccc(-n3c4ccccc4c4ccccc43)c(C#N)c2)c(-c2ccccc2-n2c3ccccc3c3cc(C#N)ccc32)c1. The zero-order valence-corrected chi connectivity index (χ0v) is 26.7. The van der Waals surface area contributed by atoms with Gasteiger partial charge in [-0.15, -0.1) is 0 Å². The highest BCUT2D eigenvalue weighted by Gasteiger charge is 2.20. The third-order valence-corrected chi connectivity index (χ3v) is 9.63. The Morgan fingerprint density at radius 2 is 0.900 bits per heavy atom. The normalized spacial score (nSPS) is 11.1. The largest absolute Gasteiger partial charge is 0.309 e. The highest BCUT2D eigenvalue weighted by molar-refractivity contribution is 6.11. The molecule has 0 aliphatic heterocycles. The van der Waals surface area contributed by atoms with Crippen molar-refractivity contribution in [3.8, 4) is 51.8 Å². The quantitative estimate of drug-likeness (QED) is 0.193. The topological polar surface area (TPSA) is 81.2 Å². The lowest BCUT2D eigenvalue weighted by molar-refractivity contribution is 1.17. The number of nitrogens with zero attached hydrogens (tertiary/aromatic N) is 5. The van der Waals surface area contributed by atoms with Crippen LogP contribution in [0.15, 0.2) is 152 Å². The van der Waals surface area contributed by atoms with E-state index in [4.69, 9.17) is 0 Å². The third-order valence-electron chi connectivity index (χ3n) is 9.63. The van der Waals surface area contributed by atoms with Crippen LogP contribution in [0.2, 0.25) is 0 Å². The van der Waals surface area contributed by atoms with Crippen LogP contribution < -0.4 is 0 Å². The lowest BCUT2D eigenvalue weighted by atomic mass is 9.91. The fourth-order valence-electron chi connectivity index (χ4n) is 7.46. The Hall–Kier alpha value is -7.39. The lowest BCUT2D eigenvalue weighted by Gasteiger charge is -2.18. The van der Waals surface area contributed by atoms with Crippen LogP contribution in [0.1, 0.15) is 16.7 Å². The second kappa shape index (κ2) is 11.4. The van der Waals surface area contributed by atoms with Crippen LogP contribution in [0.25, 0.3) is 77.2 Å². The van der Waals surface area contributed by atoms with Gasteiger partial charge in [0.25, 0.3) is 0 Å². The molecule has 0 aliphatic rings. The first-order valence-corrected chi connectivity index (χ1v) is 16.3. The molecule has 0 unspecified atom stereocenters. The van der Waals surface area contributed by atoms with Crippen molar-refractivity contribution in [1.82, 2.24) is 9.13 Å². The van der Waals surface area contributed by atoms with Crippen LogP contribution >= 0.6 is 0 Å². The summed E-state index contributed by atoms with van der Waals surface area (Å²) >= 11 is 0. The van der Waals surface area contributed by atoms with Gasteiger partial charge in [-0.3, -0.25) is 0 Å². The van der Waals surface area contributed by atoms with Gasteiger partial charge in [0.05, 0.1) is 62.3 Å². The van der Waals surface area contributed by atoms with E-state index < -0.39 is 0 Å². The van der Waals surface area contributed by atoms with E-state index in [9.17, 15) is 15.8 Å². The van der Waals surface area contributed by atoms with E-state index in [2.05, 4.69) is 81.9 Å². The van der Waals surface area contributed by atoms with Gasteiger partial charge in [0.15, 0.2) is 0 Å². The fourth-order valence-corrected chi connectivity index (χ4v) is 7.46. The van der Waals surface area contributed by atoms with Crippen LogP contribution in [0.5, 0.6) is 0 Å². The molecule has 0 atom stereocenters. The van der Waals surface area contributed by atoms with E-state index in [1.54, 1.807) is 0 Å². The maximum Gasteiger partial charge on any atom is 0.101 e. The van der Waals surface area contributed by atoms with Gasteiger partial charge in [0.2, 0.25) is 0 Å². The Balaban J connectivity index is 1.27. The van der Waals surface area contributed by atoms with Crippen molar-refractivity contribution < 1.29 is 0 Å². The van der Waals surface area contributed by atoms with Gasteiger partial charge in [-0.25, -0.2) is 0 Å². The number of nitriles is 3. The molecule has 0 fully saturated rings. The maximum atomic E-state index is 10.6. The van der Waals surface area contributed by atoms with Crippen molar-refractivity contribution in [2.45, 2.75) is 0 Å². The molecule has 9 aromatic rings. The molecule has 9 rings (SSSR count). The summed E-state index contributed by atoms with van der Waals surface area (Å²) in [5.74, 6) is 0. The van der Waals surface area contributed by atoms with Crippen LogP contribution in [-0.4, -0.2) is 9.13 Å². The molecule has 5 nitrogen and oxygen atoms in total. The summed E-state index contributed by atoms with van der Waals surface area (Å²) in [5, 5.41) is 34.6. The molecule has 0 bridgehead atoms. The molecular weight excluding hydrogens is 611 g/mol. The minimum Gasteiger partial charge on any atom is -0.309 e. The third kappa shape index (κ3) is 4.31. The van der Waals surface area contributed by atoms with Crippen molar-refractivity contribution in [1.29, 1.82) is 15.8 Å². The predicted molar refractivity (Wildman–Crippen MR) is 200 cm³/mol. The minimum atomic E-state index is 0.543. The second-order valence-corrected chi connectivity index (χ2v) is 12.3. The first-order valence-electron chi connectivity index (χ1n) is 16.3. The summed E-state index contributed by atoms with van der Waals surface area (Å²) in [7, 11) is 0. The molecule has 0 N–H and O–H groups in total. The first-order chi connectivity index (χ1) is 24.7. The van der Waals surface area contributed by atoms with Crippen molar-refractivity contribution in [2.75, 3.05) is 0 Å². The van der Waals surface area contributed by atoms with Gasteiger partial charge in [-0.05, 0) is 83.4 Å². The molecule has 0 aliphatic carbocycles. The van der Waals surface area contributed by atoms with Crippen molar-refractivity contribution in [3.63, 3.8) is 0 Å². The van der Waals surface area contributed by atoms with E-state index in [-0.39, 0.29) is 0 Å². The Kier molecular flexibility index (Phi) is 6.56. The molecule has 0 amide bonds. The summed E-state index contributed by atoms with van der Waals surface area (Å²) in [6, 6.07) is 57.7. The second-order valence-electron chi connectivity index (χ2n) is 12.3. The summed E-state index contributed by atoms with van der Waals surface area (Å²) in [6.45, 7) is 0. The van der Waals surface area contributed by atoms with Gasteiger partial charge in [0, 0.05) is 27.1 Å². The molecule has 0 spiro atoms. The number of rotatable bonds is 4. The standard InChI is InChI=1S/C45H25N5/c46-26-29-17-20-33(31-19-22-40(32(25-31)28-48)49-41-13-5-1-9-34(41)35-10-2-6-14-42(35)49)38(23-29)36-11-3-7-15-43(36)50-44-16-8-4-12-37(44)39-24-30(27-47)18-21-45(39)50/h1-25H. The summed E-state index contributed by atoms with van der Waals surface area (Å²) in [5.41, 5.74) is 11.2. The highest BCUT2D eigenvalue weighted by Crippen LogP contribution is 2.41. The van der Waals surface area contributed by atoms with E-state index in [0.717, 1.165) is 77.2 Å². The average molecular weight is 636 g/mol.